The molecular formula is C22H24FN5O3S. The van der Waals surface area contributed by atoms with E-state index >= 15 is 0 Å². The molecule has 0 saturated heterocycles. The van der Waals surface area contributed by atoms with E-state index in [-0.39, 0.29) is 17.0 Å². The molecule has 0 bridgehead atoms. The molecule has 1 atom stereocenters. The molecule has 10 heteroatoms. The Morgan fingerprint density at radius 1 is 1.19 bits per heavy atom. The summed E-state index contributed by atoms with van der Waals surface area (Å²) < 4.78 is 25.2. The highest BCUT2D eigenvalue weighted by Gasteiger charge is 2.19. The van der Waals surface area contributed by atoms with Crippen LogP contribution in [0.1, 0.15) is 17.3 Å². The zero-order chi connectivity index (χ0) is 23.1. The van der Waals surface area contributed by atoms with Crippen molar-refractivity contribution in [2.45, 2.75) is 13.0 Å². The monoisotopic (exact) mass is 457 g/mol. The van der Waals surface area contributed by atoms with Crippen molar-refractivity contribution in [3.05, 3.63) is 66.1 Å². The number of benzene rings is 2. The summed E-state index contributed by atoms with van der Waals surface area (Å²) in [4.78, 5) is 13.0. The number of hydrogen-bond acceptors (Lipinski definition) is 5. The molecule has 0 spiro atoms. The quantitative estimate of drug-likeness (QED) is 0.371. The van der Waals surface area contributed by atoms with Crippen molar-refractivity contribution in [1.82, 2.24) is 25.9 Å². The molecule has 1 unspecified atom stereocenters. The van der Waals surface area contributed by atoms with Crippen molar-refractivity contribution in [3.8, 4) is 22.7 Å². The van der Waals surface area contributed by atoms with Gasteiger partial charge >= 0.3 is 0 Å². The first kappa shape index (κ1) is 23.2. The maximum absolute atomic E-state index is 13.3. The fraction of sp³-hybridized carbons (Fsp3) is 0.227. The molecule has 0 saturated carbocycles. The number of amides is 1. The summed E-state index contributed by atoms with van der Waals surface area (Å²) in [6.45, 7) is 2.35. The van der Waals surface area contributed by atoms with Gasteiger partial charge in [0.15, 0.2) is 5.11 Å². The van der Waals surface area contributed by atoms with Gasteiger partial charge in [0.05, 0.1) is 25.0 Å². The van der Waals surface area contributed by atoms with Crippen LogP contribution >= 0.6 is 12.2 Å². The molecule has 0 aliphatic rings. The summed E-state index contributed by atoms with van der Waals surface area (Å²) in [7, 11) is 3.15. The molecule has 0 radical (unpaired) electrons. The number of aromatic nitrogens is 2. The first-order chi connectivity index (χ1) is 15.4. The normalized spacial score (nSPS) is 11.5. The van der Waals surface area contributed by atoms with Gasteiger partial charge in [0.25, 0.3) is 5.91 Å². The summed E-state index contributed by atoms with van der Waals surface area (Å²) in [5.41, 5.74) is 7.28. The van der Waals surface area contributed by atoms with Gasteiger partial charge in [0.1, 0.15) is 17.3 Å². The second-order valence-electron chi connectivity index (χ2n) is 6.95. The maximum Gasteiger partial charge on any atom is 0.273 e. The Kier molecular flexibility index (Phi) is 7.74. The molecule has 1 heterocycles. The van der Waals surface area contributed by atoms with Crippen LogP contribution in [0.5, 0.6) is 5.75 Å². The van der Waals surface area contributed by atoms with Gasteiger partial charge < -0.3 is 14.8 Å². The maximum atomic E-state index is 13.3. The van der Waals surface area contributed by atoms with E-state index in [4.69, 9.17) is 21.7 Å². The van der Waals surface area contributed by atoms with Gasteiger partial charge in [0, 0.05) is 24.9 Å². The Labute approximate surface area is 190 Å². The molecule has 3 N–H and O–H groups in total. The van der Waals surface area contributed by atoms with Crippen LogP contribution in [-0.4, -0.2) is 47.7 Å². The predicted molar refractivity (Wildman–Crippen MR) is 123 cm³/mol. The van der Waals surface area contributed by atoms with E-state index in [0.717, 1.165) is 0 Å². The number of nitrogens with zero attached hydrogens (tertiary/aromatic N) is 2. The minimum absolute atomic E-state index is 0.0366. The first-order valence-electron chi connectivity index (χ1n) is 9.77. The fourth-order valence-electron chi connectivity index (χ4n) is 2.98. The van der Waals surface area contributed by atoms with Gasteiger partial charge in [-0.1, -0.05) is 12.1 Å². The third-order valence-corrected chi connectivity index (χ3v) is 4.70. The molecule has 32 heavy (non-hydrogen) atoms. The van der Waals surface area contributed by atoms with Gasteiger partial charge in [-0.25, -0.2) is 9.07 Å². The summed E-state index contributed by atoms with van der Waals surface area (Å²) >= 11 is 5.20. The summed E-state index contributed by atoms with van der Waals surface area (Å²) in [5.74, 6) is -0.180. The van der Waals surface area contributed by atoms with Crippen LogP contribution in [0.2, 0.25) is 0 Å². The Hall–Kier alpha value is -3.50. The molecule has 1 amide bonds. The van der Waals surface area contributed by atoms with Gasteiger partial charge in [-0.3, -0.25) is 15.6 Å². The van der Waals surface area contributed by atoms with E-state index in [1.165, 1.54) is 16.8 Å². The Morgan fingerprint density at radius 3 is 2.62 bits per heavy atom. The van der Waals surface area contributed by atoms with Crippen molar-refractivity contribution in [1.29, 1.82) is 0 Å². The lowest BCUT2D eigenvalue weighted by molar-refractivity contribution is 0.0944. The third kappa shape index (κ3) is 5.80. The van der Waals surface area contributed by atoms with Crippen molar-refractivity contribution in [2.24, 2.45) is 0 Å². The van der Waals surface area contributed by atoms with Gasteiger partial charge in [-0.05, 0) is 55.5 Å². The average Bonchev–Trinajstić information content (AvgIpc) is 3.24. The zero-order valence-corrected chi connectivity index (χ0v) is 18.7. The summed E-state index contributed by atoms with van der Waals surface area (Å²) in [6, 6.07) is 13.0. The van der Waals surface area contributed by atoms with E-state index < -0.39 is 5.91 Å². The van der Waals surface area contributed by atoms with Gasteiger partial charge in [-0.2, -0.15) is 5.10 Å². The largest absolute Gasteiger partial charge is 0.497 e. The number of hydrazine groups is 1. The number of halogens is 1. The van der Waals surface area contributed by atoms with Crippen molar-refractivity contribution < 1.29 is 18.7 Å². The topological polar surface area (TPSA) is 89.4 Å². The number of ether oxygens (including phenoxy) is 2. The number of thiocarbonyl (C=S) groups is 1. The van der Waals surface area contributed by atoms with Crippen molar-refractivity contribution in [3.63, 3.8) is 0 Å². The van der Waals surface area contributed by atoms with E-state index in [2.05, 4.69) is 21.3 Å². The van der Waals surface area contributed by atoms with Crippen molar-refractivity contribution in [2.75, 3.05) is 20.8 Å². The summed E-state index contributed by atoms with van der Waals surface area (Å²) in [6.07, 6.45) is 1.57. The molecule has 0 aliphatic heterocycles. The molecule has 168 valence electrons. The molecule has 0 fully saturated rings. The SMILES string of the molecule is COCC(C)NC(=S)NNC(=O)c1cn(-c2ccc(F)cc2)nc1-c1cccc(OC)c1. The summed E-state index contributed by atoms with van der Waals surface area (Å²) in [5, 5.41) is 7.80. The van der Waals surface area contributed by atoms with Crippen LogP contribution in [-0.2, 0) is 4.74 Å². The Balaban J connectivity index is 1.88. The highest BCUT2D eigenvalue weighted by Crippen LogP contribution is 2.27. The van der Waals surface area contributed by atoms with Crippen LogP contribution in [0.3, 0.4) is 0 Å². The number of nitrogens with one attached hydrogen (secondary N) is 3. The highest BCUT2D eigenvalue weighted by atomic mass is 32.1. The molecule has 3 aromatic rings. The van der Waals surface area contributed by atoms with Crippen LogP contribution in [0.15, 0.2) is 54.7 Å². The molecule has 0 aliphatic carbocycles. The van der Waals surface area contributed by atoms with Gasteiger partial charge in [0.2, 0.25) is 0 Å². The van der Waals surface area contributed by atoms with E-state index in [0.29, 0.717) is 34.9 Å². The smallest absolute Gasteiger partial charge is 0.273 e. The number of rotatable bonds is 7. The van der Waals surface area contributed by atoms with Crippen molar-refractivity contribution >= 4 is 23.2 Å². The third-order valence-electron chi connectivity index (χ3n) is 4.48. The number of methoxy groups -OCH3 is 2. The lowest BCUT2D eigenvalue weighted by atomic mass is 10.1. The predicted octanol–water partition coefficient (Wildman–Crippen LogP) is 2.83. The van der Waals surface area contributed by atoms with E-state index in [1.807, 2.05) is 13.0 Å². The molecule has 1 aromatic heterocycles. The second kappa shape index (κ2) is 10.7. The number of hydrogen-bond donors (Lipinski definition) is 3. The number of carbonyl (C=O) groups excluding carboxylic acids is 1. The Morgan fingerprint density at radius 2 is 1.94 bits per heavy atom. The average molecular weight is 458 g/mol. The van der Waals surface area contributed by atoms with Gasteiger partial charge in [-0.15, -0.1) is 0 Å². The standard InChI is InChI=1S/C22H24FN5O3S/c1-14(13-30-2)24-22(32)26-25-21(29)19-12-28(17-9-7-16(23)8-10-17)27-20(19)15-5-4-6-18(11-15)31-3/h4-12,14H,13H2,1-3H3,(H,25,29)(H2,24,26,32). The van der Waals surface area contributed by atoms with E-state index in [9.17, 15) is 9.18 Å². The number of carbonyl (C=O) groups is 1. The highest BCUT2D eigenvalue weighted by molar-refractivity contribution is 7.80. The Bertz CT molecular complexity index is 1090. The second-order valence-corrected chi connectivity index (χ2v) is 7.36. The zero-order valence-electron chi connectivity index (χ0n) is 17.9. The fourth-order valence-corrected chi connectivity index (χ4v) is 3.23. The first-order valence-corrected chi connectivity index (χ1v) is 10.2. The van der Waals surface area contributed by atoms with E-state index in [1.54, 1.807) is 50.7 Å². The molecule has 8 nitrogen and oxygen atoms in total. The van der Waals surface area contributed by atoms with Crippen LogP contribution in [0, 0.1) is 5.82 Å². The molecule has 2 aromatic carbocycles. The lowest BCUT2D eigenvalue weighted by Gasteiger charge is -2.16. The van der Waals surface area contributed by atoms with Crippen LogP contribution < -0.4 is 20.9 Å². The minimum atomic E-state index is -0.445. The minimum Gasteiger partial charge on any atom is -0.497 e. The van der Waals surface area contributed by atoms with Crippen LogP contribution in [0.25, 0.3) is 16.9 Å². The molecular weight excluding hydrogens is 433 g/mol. The van der Waals surface area contributed by atoms with Crippen LogP contribution in [0.4, 0.5) is 4.39 Å². The molecule has 3 rings (SSSR count). The lowest BCUT2D eigenvalue weighted by Crippen LogP contribution is -2.50.